The van der Waals surface area contributed by atoms with Crippen molar-refractivity contribution in [3.8, 4) is 0 Å². The topological polar surface area (TPSA) is 46.2 Å². The van der Waals surface area contributed by atoms with E-state index in [-0.39, 0.29) is 6.04 Å². The van der Waals surface area contributed by atoms with Crippen molar-refractivity contribution in [1.29, 1.82) is 0 Å². The molecule has 0 fully saturated rings. The smallest absolute Gasteiger partial charge is 0.0943 e. The first-order valence-corrected chi connectivity index (χ1v) is 6.15. The van der Waals surface area contributed by atoms with Gasteiger partial charge in [0.1, 0.15) is 0 Å². The summed E-state index contributed by atoms with van der Waals surface area (Å²) in [7, 11) is 0. The molecule has 0 aliphatic heterocycles. The van der Waals surface area contributed by atoms with Crippen LogP contribution in [0.1, 0.15) is 43.1 Å². The highest BCUT2D eigenvalue weighted by Gasteiger charge is 2.21. The maximum atomic E-state index is 10.2. The highest BCUT2D eigenvalue weighted by atomic mass is 16.3. The van der Waals surface area contributed by atoms with Crippen molar-refractivity contribution in [1.82, 2.24) is 0 Å². The zero-order valence-corrected chi connectivity index (χ0v) is 10.1. The summed E-state index contributed by atoms with van der Waals surface area (Å²) in [6.07, 6.45) is 3.03. The van der Waals surface area contributed by atoms with Crippen LogP contribution in [0.2, 0.25) is 0 Å². The molecule has 2 atom stereocenters. The highest BCUT2D eigenvalue weighted by Crippen LogP contribution is 2.27. The van der Waals surface area contributed by atoms with E-state index in [0.29, 0.717) is 5.92 Å². The number of aryl methyl sites for hydroxylation is 2. The van der Waals surface area contributed by atoms with E-state index < -0.39 is 6.10 Å². The highest BCUT2D eigenvalue weighted by molar-refractivity contribution is 5.36. The third-order valence-corrected chi connectivity index (χ3v) is 3.60. The van der Waals surface area contributed by atoms with Gasteiger partial charge in [-0.3, -0.25) is 0 Å². The average Bonchev–Trinajstić information content (AvgIpc) is 2.73. The van der Waals surface area contributed by atoms with Crippen LogP contribution >= 0.6 is 0 Å². The van der Waals surface area contributed by atoms with Crippen molar-refractivity contribution in [2.75, 3.05) is 0 Å². The number of rotatable bonds is 3. The minimum absolute atomic E-state index is 0.181. The van der Waals surface area contributed by atoms with Crippen molar-refractivity contribution in [3.05, 3.63) is 34.9 Å². The summed E-state index contributed by atoms with van der Waals surface area (Å²) >= 11 is 0. The monoisotopic (exact) mass is 219 g/mol. The number of nitrogens with two attached hydrogens (primary N) is 1. The van der Waals surface area contributed by atoms with E-state index in [1.165, 1.54) is 24.0 Å². The molecule has 0 heterocycles. The van der Waals surface area contributed by atoms with E-state index in [9.17, 15) is 5.11 Å². The summed E-state index contributed by atoms with van der Waals surface area (Å²) in [5, 5.41) is 10.2. The Morgan fingerprint density at radius 2 is 1.88 bits per heavy atom. The largest absolute Gasteiger partial charge is 0.387 e. The molecule has 0 aromatic heterocycles. The number of hydrogen-bond acceptors (Lipinski definition) is 2. The Morgan fingerprint density at radius 3 is 2.56 bits per heavy atom. The van der Waals surface area contributed by atoms with Crippen molar-refractivity contribution in [2.24, 2.45) is 11.7 Å². The van der Waals surface area contributed by atoms with E-state index in [0.717, 1.165) is 12.0 Å². The van der Waals surface area contributed by atoms with Crippen molar-refractivity contribution in [2.45, 2.75) is 45.3 Å². The lowest BCUT2D eigenvalue weighted by Gasteiger charge is -2.23. The van der Waals surface area contributed by atoms with E-state index in [4.69, 9.17) is 5.73 Å². The fourth-order valence-corrected chi connectivity index (χ4v) is 2.36. The summed E-state index contributed by atoms with van der Waals surface area (Å²) in [6, 6.07) is 6.12. The van der Waals surface area contributed by atoms with E-state index in [2.05, 4.69) is 12.1 Å². The predicted molar refractivity (Wildman–Crippen MR) is 66.2 cm³/mol. The first-order valence-electron chi connectivity index (χ1n) is 6.15. The lowest BCUT2D eigenvalue weighted by atomic mass is 9.92. The molecule has 0 amide bonds. The minimum Gasteiger partial charge on any atom is -0.387 e. The van der Waals surface area contributed by atoms with Gasteiger partial charge in [-0.15, -0.1) is 0 Å². The van der Waals surface area contributed by atoms with Crippen molar-refractivity contribution in [3.63, 3.8) is 0 Å². The van der Waals surface area contributed by atoms with Gasteiger partial charge in [-0.05, 0) is 41.9 Å². The van der Waals surface area contributed by atoms with Crippen LogP contribution in [0.4, 0.5) is 0 Å². The van der Waals surface area contributed by atoms with Crippen LogP contribution in [0.15, 0.2) is 18.2 Å². The Kier molecular flexibility index (Phi) is 3.31. The van der Waals surface area contributed by atoms with Crippen LogP contribution < -0.4 is 5.73 Å². The molecule has 2 unspecified atom stereocenters. The zero-order chi connectivity index (χ0) is 11.7. The number of benzene rings is 1. The first-order chi connectivity index (χ1) is 7.59. The van der Waals surface area contributed by atoms with Gasteiger partial charge in [0, 0.05) is 6.04 Å². The molecule has 1 aliphatic rings. The lowest BCUT2D eigenvalue weighted by molar-refractivity contribution is 0.125. The molecule has 2 rings (SSSR count). The third-order valence-electron chi connectivity index (χ3n) is 3.60. The molecule has 0 radical (unpaired) electrons. The molecule has 16 heavy (non-hydrogen) atoms. The van der Waals surface area contributed by atoms with Gasteiger partial charge in [0.05, 0.1) is 6.10 Å². The van der Waals surface area contributed by atoms with Crippen LogP contribution in [0, 0.1) is 5.92 Å². The Bertz CT molecular complexity index is 373. The molecule has 1 aromatic carbocycles. The Hall–Kier alpha value is -0.860. The number of hydrogen-bond donors (Lipinski definition) is 2. The minimum atomic E-state index is -0.536. The van der Waals surface area contributed by atoms with Crippen LogP contribution in [-0.4, -0.2) is 11.1 Å². The molecule has 0 saturated carbocycles. The van der Waals surface area contributed by atoms with Gasteiger partial charge < -0.3 is 10.8 Å². The van der Waals surface area contributed by atoms with Gasteiger partial charge in [0.2, 0.25) is 0 Å². The van der Waals surface area contributed by atoms with Gasteiger partial charge in [0.15, 0.2) is 0 Å². The van der Waals surface area contributed by atoms with E-state index in [1.54, 1.807) is 0 Å². The van der Waals surface area contributed by atoms with Gasteiger partial charge >= 0.3 is 0 Å². The molecule has 3 N–H and O–H groups in total. The van der Waals surface area contributed by atoms with Crippen molar-refractivity contribution < 1.29 is 5.11 Å². The first kappa shape index (κ1) is 11.6. The van der Waals surface area contributed by atoms with Crippen LogP contribution in [-0.2, 0) is 12.8 Å². The van der Waals surface area contributed by atoms with Gasteiger partial charge in [-0.1, -0.05) is 32.0 Å². The zero-order valence-electron chi connectivity index (χ0n) is 10.1. The maximum absolute atomic E-state index is 10.2. The molecule has 0 spiro atoms. The maximum Gasteiger partial charge on any atom is 0.0943 e. The number of aliphatic hydroxyl groups is 1. The summed E-state index contributed by atoms with van der Waals surface area (Å²) in [4.78, 5) is 0. The fourth-order valence-electron chi connectivity index (χ4n) is 2.36. The molecule has 2 nitrogen and oxygen atoms in total. The predicted octanol–water partition coefficient (Wildman–Crippen LogP) is 2.19. The second-order valence-electron chi connectivity index (χ2n) is 5.15. The SMILES string of the molecule is CC(C)C(N)C(O)c1ccc2c(c1)CCC2. The third kappa shape index (κ3) is 2.13. The molecule has 0 saturated heterocycles. The molecular formula is C14H21NO. The number of aliphatic hydroxyl groups excluding tert-OH is 1. The Balaban J connectivity index is 2.21. The van der Waals surface area contributed by atoms with Crippen LogP contribution in [0.3, 0.4) is 0 Å². The molecule has 88 valence electrons. The van der Waals surface area contributed by atoms with E-state index >= 15 is 0 Å². The summed E-state index contributed by atoms with van der Waals surface area (Å²) < 4.78 is 0. The Morgan fingerprint density at radius 1 is 1.19 bits per heavy atom. The average molecular weight is 219 g/mol. The summed E-state index contributed by atoms with van der Waals surface area (Å²) in [6.45, 7) is 4.09. The van der Waals surface area contributed by atoms with Gasteiger partial charge in [0.25, 0.3) is 0 Å². The summed E-state index contributed by atoms with van der Waals surface area (Å²) in [5.74, 6) is 0.295. The fraction of sp³-hybridized carbons (Fsp3) is 0.571. The molecule has 1 aliphatic carbocycles. The number of fused-ring (bicyclic) bond motifs is 1. The standard InChI is InChI=1S/C14H21NO/c1-9(2)13(15)14(16)12-7-6-10-4-3-5-11(10)8-12/h6-9,13-14,16H,3-5,15H2,1-2H3. The lowest BCUT2D eigenvalue weighted by Crippen LogP contribution is -2.33. The van der Waals surface area contributed by atoms with Crippen LogP contribution in [0.5, 0.6) is 0 Å². The van der Waals surface area contributed by atoms with E-state index in [1.807, 2.05) is 19.9 Å². The van der Waals surface area contributed by atoms with Gasteiger partial charge in [-0.25, -0.2) is 0 Å². The Labute approximate surface area is 97.5 Å². The molecular weight excluding hydrogens is 198 g/mol. The molecule has 1 aromatic rings. The van der Waals surface area contributed by atoms with Crippen LogP contribution in [0.25, 0.3) is 0 Å². The second-order valence-corrected chi connectivity index (χ2v) is 5.15. The quantitative estimate of drug-likeness (QED) is 0.818. The van der Waals surface area contributed by atoms with Crippen molar-refractivity contribution >= 4 is 0 Å². The van der Waals surface area contributed by atoms with Gasteiger partial charge in [-0.2, -0.15) is 0 Å². The normalized spacial score (nSPS) is 18.6. The molecule has 0 bridgehead atoms. The second kappa shape index (κ2) is 4.56. The molecule has 2 heteroatoms. The summed E-state index contributed by atoms with van der Waals surface area (Å²) in [5.41, 5.74) is 9.80.